The molecule has 66 heavy (non-hydrogen) atoms. The van der Waals surface area contributed by atoms with Crippen LogP contribution in [0.5, 0.6) is 11.5 Å². The van der Waals surface area contributed by atoms with Crippen molar-refractivity contribution in [2.24, 2.45) is 0 Å². The van der Waals surface area contributed by atoms with Gasteiger partial charge in [0.2, 0.25) is 0 Å². The van der Waals surface area contributed by atoms with Gasteiger partial charge in [-0.2, -0.15) is 26.3 Å². The number of halogens is 6. The molecule has 0 fully saturated rings. The number of ether oxygens (including phenoxy) is 2. The van der Waals surface area contributed by atoms with Crippen LogP contribution in [0.3, 0.4) is 0 Å². The maximum atomic E-state index is 12.9. The monoisotopic (exact) mass is 950 g/mol. The summed E-state index contributed by atoms with van der Waals surface area (Å²) in [5.74, 6) is 1.08. The number of sulfone groups is 2. The molecule has 2 heterocycles. The van der Waals surface area contributed by atoms with Gasteiger partial charge in [-0.25, -0.2) is 26.8 Å². The minimum atomic E-state index is -4.42. The van der Waals surface area contributed by atoms with Crippen LogP contribution in [-0.4, -0.2) is 59.5 Å². The van der Waals surface area contributed by atoms with Crippen LogP contribution in [0.1, 0.15) is 36.6 Å². The molecule has 0 saturated carbocycles. The van der Waals surface area contributed by atoms with Gasteiger partial charge < -0.3 is 24.5 Å². The Hall–Kier alpha value is -6.70. The molecule has 0 saturated heterocycles. The first-order chi connectivity index (χ1) is 30.9. The molecule has 6 aromatic carbocycles. The average molecular weight is 951 g/mol. The van der Waals surface area contributed by atoms with E-state index < -0.39 is 54.5 Å². The number of nitrogens with one attached hydrogen (secondary N) is 2. The van der Waals surface area contributed by atoms with Crippen LogP contribution in [0.4, 0.5) is 26.3 Å². The lowest BCUT2D eigenvalue weighted by Gasteiger charge is -2.18. The van der Waals surface area contributed by atoms with Gasteiger partial charge >= 0.3 is 12.4 Å². The maximum absolute atomic E-state index is 12.9. The molecule has 0 atom stereocenters. The van der Waals surface area contributed by atoms with E-state index in [4.69, 9.17) is 9.47 Å². The number of H-pyrrole nitrogens is 2. The Morgan fingerprint density at radius 1 is 0.561 bits per heavy atom. The van der Waals surface area contributed by atoms with Crippen LogP contribution in [0.25, 0.3) is 44.3 Å². The van der Waals surface area contributed by atoms with Crippen molar-refractivity contribution in [3.05, 3.63) is 156 Å². The van der Waals surface area contributed by atoms with Crippen LogP contribution < -0.4 is 9.47 Å². The van der Waals surface area contributed by atoms with E-state index in [1.54, 1.807) is 78.9 Å². The topological polar surface area (TPSA) is 164 Å². The number of nitrogens with zero attached hydrogens (tertiary/aromatic N) is 2. The molecule has 0 spiro atoms. The number of fused-ring (bicyclic) bond motifs is 2. The van der Waals surface area contributed by atoms with Crippen molar-refractivity contribution in [2.75, 3.05) is 12.0 Å². The molecule has 344 valence electrons. The third-order valence-corrected chi connectivity index (χ3v) is 13.1. The van der Waals surface area contributed by atoms with Crippen molar-refractivity contribution in [1.82, 2.24) is 19.9 Å². The molecule has 8 rings (SSSR count). The highest BCUT2D eigenvalue weighted by atomic mass is 32.2. The molecule has 0 radical (unpaired) electrons. The van der Waals surface area contributed by atoms with Crippen molar-refractivity contribution in [2.45, 2.75) is 54.8 Å². The molecule has 0 unspecified atom stereocenters. The number of aromatic nitrogens is 4. The first kappa shape index (κ1) is 47.3. The molecule has 0 aliphatic rings. The smallest absolute Gasteiger partial charge is 0.416 e. The Morgan fingerprint density at radius 2 is 0.955 bits per heavy atom. The Morgan fingerprint density at radius 3 is 1.35 bits per heavy atom. The highest BCUT2D eigenvalue weighted by molar-refractivity contribution is 7.91. The zero-order valence-electron chi connectivity index (χ0n) is 35.2. The third-order valence-electron chi connectivity index (χ3n) is 9.85. The van der Waals surface area contributed by atoms with Gasteiger partial charge in [-0.3, -0.25) is 0 Å². The predicted octanol–water partition coefficient (Wildman–Crippen LogP) is 10.6. The number of aromatic amines is 2. The second kappa shape index (κ2) is 18.3. The number of aliphatic hydroxyl groups is 1. The fourth-order valence-corrected chi connectivity index (χ4v) is 9.73. The molecule has 11 nitrogen and oxygen atoms in total. The average Bonchev–Trinajstić information content (AvgIpc) is 3.87. The summed E-state index contributed by atoms with van der Waals surface area (Å²) in [6.07, 6.45) is -7.65. The fraction of sp³-hybridized carbons (Fsp3) is 0.191. The summed E-state index contributed by atoms with van der Waals surface area (Å²) in [6, 6.07) is 32.7. The zero-order valence-corrected chi connectivity index (χ0v) is 36.8. The van der Waals surface area contributed by atoms with E-state index in [0.29, 0.717) is 56.0 Å². The molecular formula is C47H40F6N4O7S2. The Bertz CT molecular complexity index is 3240. The lowest BCUT2D eigenvalue weighted by Crippen LogP contribution is -2.30. The second-order valence-electron chi connectivity index (χ2n) is 15.8. The predicted molar refractivity (Wildman–Crippen MR) is 236 cm³/mol. The third kappa shape index (κ3) is 11.6. The molecule has 0 amide bonds. The minimum Gasteiger partial charge on any atom is -0.486 e. The van der Waals surface area contributed by atoms with E-state index in [9.17, 15) is 48.3 Å². The molecule has 0 bridgehead atoms. The summed E-state index contributed by atoms with van der Waals surface area (Å²) in [7, 11) is -7.16. The Labute approximate surface area is 374 Å². The quantitative estimate of drug-likeness (QED) is 0.101. The summed E-state index contributed by atoms with van der Waals surface area (Å²) in [4.78, 5) is 15.4. The standard InChI is InChI=1S/C25H23F3N2O4S.C22H17F3N2O3S/c1-24(2,31)15-35(32,33)22-6-4-3-5-19(22)16-7-12-20-21(13-16)30-23(29-20)14-34-18-10-8-17(9-11-18)25(26,27)28;1-31(28,29)20-5-3-2-4-17(20)14-6-11-18-19(12-14)27-21(26-18)13-30-16-9-7-15(8-10-16)22(23,24)25/h3-13,31H,14-15H2,1-2H3,(H,29,30);2-12H,13H2,1H3,(H,26,27). The van der Waals surface area contributed by atoms with Crippen LogP contribution in [-0.2, 0) is 45.2 Å². The fourth-order valence-electron chi connectivity index (χ4n) is 6.93. The number of benzene rings is 6. The summed E-state index contributed by atoms with van der Waals surface area (Å²) >= 11 is 0. The molecule has 3 N–H and O–H groups in total. The molecule has 0 aliphatic carbocycles. The number of hydrogen-bond acceptors (Lipinski definition) is 9. The van der Waals surface area contributed by atoms with Gasteiger partial charge in [-0.05, 0) is 110 Å². The molecule has 0 aliphatic heterocycles. The second-order valence-corrected chi connectivity index (χ2v) is 19.7. The number of hydrogen-bond donors (Lipinski definition) is 3. The van der Waals surface area contributed by atoms with Crippen LogP contribution in [0.2, 0.25) is 0 Å². The van der Waals surface area contributed by atoms with Crippen LogP contribution in [0, 0.1) is 0 Å². The van der Waals surface area contributed by atoms with Crippen LogP contribution >= 0.6 is 0 Å². The number of imidazole rings is 2. The summed E-state index contributed by atoms with van der Waals surface area (Å²) in [5.41, 5.74) is 2.16. The van der Waals surface area contributed by atoms with Crippen molar-refractivity contribution in [1.29, 1.82) is 0 Å². The van der Waals surface area contributed by atoms with E-state index >= 15 is 0 Å². The van der Waals surface area contributed by atoms with Gasteiger partial charge in [-0.15, -0.1) is 0 Å². The lowest BCUT2D eigenvalue weighted by atomic mass is 10.1. The van der Waals surface area contributed by atoms with E-state index in [0.717, 1.165) is 30.5 Å². The first-order valence-electron chi connectivity index (χ1n) is 19.8. The van der Waals surface area contributed by atoms with Crippen molar-refractivity contribution in [3.8, 4) is 33.8 Å². The van der Waals surface area contributed by atoms with E-state index in [-0.39, 0.29) is 34.5 Å². The largest absolute Gasteiger partial charge is 0.486 e. The van der Waals surface area contributed by atoms with Gasteiger partial charge in [0.25, 0.3) is 0 Å². The Kier molecular flexibility index (Phi) is 13.1. The van der Waals surface area contributed by atoms with E-state index in [2.05, 4.69) is 19.9 Å². The van der Waals surface area contributed by atoms with Gasteiger partial charge in [-0.1, -0.05) is 48.5 Å². The van der Waals surface area contributed by atoms with E-state index in [1.165, 1.54) is 44.2 Å². The lowest BCUT2D eigenvalue weighted by molar-refractivity contribution is -0.138. The highest BCUT2D eigenvalue weighted by Crippen LogP contribution is 2.34. The normalized spacial score (nSPS) is 12.5. The summed E-state index contributed by atoms with van der Waals surface area (Å²) in [6.45, 7) is 2.93. The minimum absolute atomic E-state index is 0.00588. The summed E-state index contributed by atoms with van der Waals surface area (Å²) in [5, 5.41) is 10.0. The van der Waals surface area contributed by atoms with Crippen molar-refractivity contribution >= 4 is 41.7 Å². The molecular weight excluding hydrogens is 911 g/mol. The Balaban J connectivity index is 0.000000198. The summed E-state index contributed by atoms with van der Waals surface area (Å²) < 4.78 is 137. The van der Waals surface area contributed by atoms with Gasteiger partial charge in [0, 0.05) is 17.4 Å². The number of alkyl halides is 6. The molecule has 8 aromatic rings. The van der Waals surface area contributed by atoms with E-state index in [1.807, 2.05) is 0 Å². The van der Waals surface area contributed by atoms with Crippen molar-refractivity contribution < 1.29 is 57.8 Å². The van der Waals surface area contributed by atoms with Gasteiger partial charge in [0.15, 0.2) is 19.7 Å². The zero-order chi connectivity index (χ0) is 47.7. The first-order valence-corrected chi connectivity index (χ1v) is 23.4. The maximum Gasteiger partial charge on any atom is 0.416 e. The van der Waals surface area contributed by atoms with Gasteiger partial charge in [0.1, 0.15) is 36.4 Å². The SMILES string of the molecule is CC(C)(O)CS(=O)(=O)c1ccccc1-c1ccc2nc(COc3ccc(C(F)(F)F)cc3)[nH]c2c1.CS(=O)(=O)c1ccccc1-c1ccc2nc(COc3ccc(C(F)(F)F)cc3)[nH]c2c1. The highest BCUT2D eigenvalue weighted by Gasteiger charge is 2.31. The van der Waals surface area contributed by atoms with Crippen LogP contribution in [0.15, 0.2) is 143 Å². The molecule has 19 heteroatoms. The van der Waals surface area contributed by atoms with Gasteiger partial charge in [0.05, 0.1) is 54.3 Å². The number of rotatable bonds is 12. The molecule has 2 aromatic heterocycles. The van der Waals surface area contributed by atoms with Crippen molar-refractivity contribution in [3.63, 3.8) is 0 Å².